The Balaban J connectivity index is 1.05. The van der Waals surface area contributed by atoms with Gasteiger partial charge >= 0.3 is 0 Å². The van der Waals surface area contributed by atoms with Gasteiger partial charge in [-0.25, -0.2) is 9.97 Å². The highest BCUT2D eigenvalue weighted by Crippen LogP contribution is 2.61. The van der Waals surface area contributed by atoms with Crippen LogP contribution in [0, 0.1) is 0 Å². The van der Waals surface area contributed by atoms with Gasteiger partial charge in [0.1, 0.15) is 11.2 Å². The normalized spacial score (nSPS) is 13.0. The molecule has 0 radical (unpaired) electrons. The predicted molar refractivity (Wildman–Crippen MR) is 253 cm³/mol. The number of benzene rings is 9. The maximum absolute atomic E-state index is 6.39. The minimum Gasteiger partial charge on any atom is -0.456 e. The SMILES string of the molecule is c1ccc(-c2ccc(-c3cc(-c4ccc5c(c4)oc4ccccc45)nc(-c4ccc5c(c4)C4(c6ccccc6-c6ccccc6-c6ccccc64)c4ccccc4-5)n3)cc2)cc1. The number of nitrogens with zero attached hydrogens (tertiary/aromatic N) is 2. The van der Waals surface area contributed by atoms with Gasteiger partial charge in [0.2, 0.25) is 0 Å². The zero-order valence-electron chi connectivity index (χ0n) is 33.6. The van der Waals surface area contributed by atoms with Crippen molar-refractivity contribution in [2.24, 2.45) is 0 Å². The lowest BCUT2D eigenvalue weighted by atomic mass is 9.66. The standard InChI is InChI=1S/C59H36N2O/c1-2-14-37(15-3-1)38-26-28-39(29-27-38)54-36-55(40-30-33-49-48-21-9-13-25-56(48)62-57(49)35-40)61-58(60-54)41-31-32-47-46-20-8-12-24-52(46)59(53(47)34-41)50-22-10-6-18-44(50)42-16-4-5-17-43(42)45-19-7-11-23-51(45)59/h1-36H. The summed E-state index contributed by atoms with van der Waals surface area (Å²) in [7, 11) is 0. The van der Waals surface area contributed by atoms with E-state index in [1.165, 1.54) is 61.2 Å². The highest BCUT2D eigenvalue weighted by Gasteiger charge is 2.49. The molecule has 1 spiro atoms. The Hall–Kier alpha value is -8.14. The van der Waals surface area contributed by atoms with Crippen LogP contribution in [0.25, 0.3) is 100 Å². The zero-order valence-corrected chi connectivity index (χ0v) is 33.6. The molecule has 0 saturated carbocycles. The second-order valence-electron chi connectivity index (χ2n) is 16.4. The van der Waals surface area contributed by atoms with Crippen LogP contribution in [-0.2, 0) is 5.41 Å². The van der Waals surface area contributed by atoms with Crippen molar-refractivity contribution in [1.82, 2.24) is 9.97 Å². The Kier molecular flexibility index (Phi) is 7.52. The Bertz CT molecular complexity index is 3510. The molecule has 0 bridgehead atoms. The first kappa shape index (κ1) is 34.7. The summed E-state index contributed by atoms with van der Waals surface area (Å²) >= 11 is 0. The number of furan rings is 1. The monoisotopic (exact) mass is 788 g/mol. The fraction of sp³-hybridized carbons (Fsp3) is 0.0169. The van der Waals surface area contributed by atoms with Crippen LogP contribution in [0.5, 0.6) is 0 Å². The lowest BCUT2D eigenvalue weighted by Gasteiger charge is -2.35. The molecule has 2 aliphatic rings. The molecule has 11 aromatic rings. The lowest BCUT2D eigenvalue weighted by molar-refractivity contribution is 0.669. The van der Waals surface area contributed by atoms with Crippen molar-refractivity contribution in [3.05, 3.63) is 241 Å². The molecule has 288 valence electrons. The van der Waals surface area contributed by atoms with E-state index in [0.717, 1.165) is 55.6 Å². The second-order valence-corrected chi connectivity index (χ2v) is 16.4. The van der Waals surface area contributed by atoms with Gasteiger partial charge in [-0.15, -0.1) is 0 Å². The molecule has 0 amide bonds. The van der Waals surface area contributed by atoms with E-state index in [9.17, 15) is 0 Å². The fourth-order valence-corrected chi connectivity index (χ4v) is 10.4. The first-order chi connectivity index (χ1) is 30.7. The molecule has 0 unspecified atom stereocenters. The Morgan fingerprint density at radius 2 is 0.758 bits per heavy atom. The largest absolute Gasteiger partial charge is 0.456 e. The van der Waals surface area contributed by atoms with E-state index in [4.69, 9.17) is 14.4 Å². The summed E-state index contributed by atoms with van der Waals surface area (Å²) in [6.07, 6.45) is 0. The van der Waals surface area contributed by atoms with Crippen molar-refractivity contribution in [3.8, 4) is 78.4 Å². The summed E-state index contributed by atoms with van der Waals surface area (Å²) in [5.74, 6) is 0.668. The van der Waals surface area contributed by atoms with Crippen LogP contribution in [0.2, 0.25) is 0 Å². The van der Waals surface area contributed by atoms with Crippen molar-refractivity contribution >= 4 is 21.9 Å². The molecule has 2 aromatic heterocycles. The number of para-hydroxylation sites is 1. The zero-order chi connectivity index (χ0) is 40.8. The van der Waals surface area contributed by atoms with Gasteiger partial charge in [0, 0.05) is 27.5 Å². The summed E-state index contributed by atoms with van der Waals surface area (Å²) in [5, 5.41) is 2.19. The van der Waals surface area contributed by atoms with E-state index >= 15 is 0 Å². The summed E-state index contributed by atoms with van der Waals surface area (Å²) < 4.78 is 6.39. The molecule has 0 N–H and O–H groups in total. The quantitative estimate of drug-likeness (QED) is 0.178. The van der Waals surface area contributed by atoms with Crippen LogP contribution in [0.15, 0.2) is 223 Å². The van der Waals surface area contributed by atoms with Crippen molar-refractivity contribution < 1.29 is 4.42 Å². The predicted octanol–water partition coefficient (Wildman–Crippen LogP) is 15.1. The molecular weight excluding hydrogens is 753 g/mol. The average molecular weight is 789 g/mol. The van der Waals surface area contributed by atoms with Gasteiger partial charge in [-0.1, -0.05) is 188 Å². The Labute approximate surface area is 359 Å². The molecule has 0 atom stereocenters. The van der Waals surface area contributed by atoms with Crippen molar-refractivity contribution in [2.45, 2.75) is 5.41 Å². The number of aromatic nitrogens is 2. The minimum atomic E-state index is -0.603. The van der Waals surface area contributed by atoms with Gasteiger partial charge in [-0.05, 0) is 97.1 Å². The Morgan fingerprint density at radius 3 is 1.44 bits per heavy atom. The van der Waals surface area contributed by atoms with Crippen LogP contribution >= 0.6 is 0 Å². The third-order valence-electron chi connectivity index (χ3n) is 13.2. The number of rotatable bonds is 4. The fourth-order valence-electron chi connectivity index (χ4n) is 10.4. The van der Waals surface area contributed by atoms with Gasteiger partial charge in [0.15, 0.2) is 5.82 Å². The number of fused-ring (bicyclic) bond motifs is 15. The summed E-state index contributed by atoms with van der Waals surface area (Å²) in [5.41, 5.74) is 20.6. The van der Waals surface area contributed by atoms with E-state index in [0.29, 0.717) is 5.82 Å². The molecule has 13 rings (SSSR count). The van der Waals surface area contributed by atoms with Crippen LogP contribution in [-0.4, -0.2) is 9.97 Å². The van der Waals surface area contributed by atoms with Crippen molar-refractivity contribution in [2.75, 3.05) is 0 Å². The smallest absolute Gasteiger partial charge is 0.160 e. The molecule has 2 heterocycles. The third-order valence-corrected chi connectivity index (χ3v) is 13.2. The highest BCUT2D eigenvalue weighted by molar-refractivity contribution is 6.06. The van der Waals surface area contributed by atoms with Crippen LogP contribution < -0.4 is 0 Å². The highest BCUT2D eigenvalue weighted by atomic mass is 16.3. The van der Waals surface area contributed by atoms with E-state index in [1.54, 1.807) is 0 Å². The molecule has 0 saturated heterocycles. The minimum absolute atomic E-state index is 0.603. The summed E-state index contributed by atoms with van der Waals surface area (Å²) in [4.78, 5) is 10.8. The topological polar surface area (TPSA) is 38.9 Å². The van der Waals surface area contributed by atoms with E-state index in [1.807, 2.05) is 12.1 Å². The van der Waals surface area contributed by atoms with Gasteiger partial charge in [0.25, 0.3) is 0 Å². The number of hydrogen-bond acceptors (Lipinski definition) is 3. The molecular formula is C59H36N2O. The van der Waals surface area contributed by atoms with Crippen LogP contribution in [0.3, 0.4) is 0 Å². The van der Waals surface area contributed by atoms with Crippen molar-refractivity contribution in [1.29, 1.82) is 0 Å². The average Bonchev–Trinajstić information content (AvgIpc) is 3.84. The lowest BCUT2D eigenvalue weighted by Crippen LogP contribution is -2.29. The molecule has 9 aromatic carbocycles. The van der Waals surface area contributed by atoms with Crippen molar-refractivity contribution in [3.63, 3.8) is 0 Å². The molecule has 62 heavy (non-hydrogen) atoms. The number of hydrogen-bond donors (Lipinski definition) is 0. The van der Waals surface area contributed by atoms with Gasteiger partial charge in [0.05, 0.1) is 16.8 Å². The van der Waals surface area contributed by atoms with E-state index in [-0.39, 0.29) is 0 Å². The van der Waals surface area contributed by atoms with Crippen LogP contribution in [0.1, 0.15) is 22.3 Å². The summed E-state index contributed by atoms with van der Waals surface area (Å²) in [6, 6.07) is 78.7. The first-order valence-corrected chi connectivity index (χ1v) is 21.2. The molecule has 3 nitrogen and oxygen atoms in total. The van der Waals surface area contributed by atoms with Gasteiger partial charge in [-0.2, -0.15) is 0 Å². The van der Waals surface area contributed by atoms with Crippen LogP contribution in [0.4, 0.5) is 0 Å². The van der Waals surface area contributed by atoms with Gasteiger partial charge in [-0.3, -0.25) is 0 Å². The molecule has 0 aliphatic heterocycles. The molecule has 2 aliphatic carbocycles. The van der Waals surface area contributed by atoms with Gasteiger partial charge < -0.3 is 4.42 Å². The van der Waals surface area contributed by atoms with E-state index < -0.39 is 5.41 Å². The third kappa shape index (κ3) is 5.06. The summed E-state index contributed by atoms with van der Waals surface area (Å²) in [6.45, 7) is 0. The Morgan fingerprint density at radius 1 is 0.290 bits per heavy atom. The maximum Gasteiger partial charge on any atom is 0.160 e. The second kappa shape index (κ2) is 13.4. The first-order valence-electron chi connectivity index (χ1n) is 21.2. The molecule has 0 fully saturated rings. The molecule has 3 heteroatoms. The van der Waals surface area contributed by atoms with E-state index in [2.05, 4.69) is 206 Å². The maximum atomic E-state index is 6.39.